The molecule has 128 valence electrons. The van der Waals surface area contributed by atoms with Gasteiger partial charge in [-0.05, 0) is 32.9 Å². The molecule has 1 amide bonds. The number of para-hydroxylation sites is 1. The molecule has 2 aromatic heterocycles. The van der Waals surface area contributed by atoms with Gasteiger partial charge in [0.25, 0.3) is 11.6 Å². The van der Waals surface area contributed by atoms with Gasteiger partial charge in [-0.3, -0.25) is 14.9 Å². The molecule has 0 aliphatic carbocycles. The van der Waals surface area contributed by atoms with Crippen molar-refractivity contribution >= 4 is 28.3 Å². The smallest absolute Gasteiger partial charge is 0.285 e. The number of aryl methyl sites for hydroxylation is 1. The molecule has 0 fully saturated rings. The van der Waals surface area contributed by atoms with Crippen LogP contribution < -0.4 is 5.32 Å². The minimum atomic E-state index is -0.548. The van der Waals surface area contributed by atoms with Crippen LogP contribution in [0.4, 0.5) is 11.4 Å². The van der Waals surface area contributed by atoms with Crippen LogP contribution in [0.3, 0.4) is 0 Å². The van der Waals surface area contributed by atoms with Gasteiger partial charge < -0.3 is 5.32 Å². The molecule has 0 unspecified atom stereocenters. The summed E-state index contributed by atoms with van der Waals surface area (Å²) >= 11 is 0. The van der Waals surface area contributed by atoms with Crippen LogP contribution in [0, 0.1) is 17.0 Å². The van der Waals surface area contributed by atoms with Crippen molar-refractivity contribution in [3.05, 3.63) is 57.9 Å². The Balaban J connectivity index is 1.93. The van der Waals surface area contributed by atoms with Crippen LogP contribution in [0.5, 0.6) is 0 Å². The molecule has 0 aliphatic rings. The van der Waals surface area contributed by atoms with Crippen LogP contribution >= 0.6 is 0 Å². The number of nitro benzene ring substituents is 1. The Morgan fingerprint density at radius 2 is 2.08 bits per heavy atom. The number of aromatic nitrogens is 3. The fourth-order valence-electron chi connectivity index (χ4n) is 2.67. The summed E-state index contributed by atoms with van der Waals surface area (Å²) in [7, 11) is 0. The van der Waals surface area contributed by atoms with E-state index in [1.54, 1.807) is 36.0 Å². The summed E-state index contributed by atoms with van der Waals surface area (Å²) in [5, 5.41) is 19.0. The van der Waals surface area contributed by atoms with Crippen molar-refractivity contribution in [2.75, 3.05) is 5.32 Å². The summed E-state index contributed by atoms with van der Waals surface area (Å²) in [6.45, 7) is 5.60. The second-order valence-corrected chi connectivity index (χ2v) is 6.00. The van der Waals surface area contributed by atoms with E-state index in [4.69, 9.17) is 0 Å². The molecule has 25 heavy (non-hydrogen) atoms. The summed E-state index contributed by atoms with van der Waals surface area (Å²) in [6.07, 6.45) is 3.19. The van der Waals surface area contributed by atoms with Crippen molar-refractivity contribution in [3.63, 3.8) is 0 Å². The standard InChI is InChI=1S/C17H17N5O3/c1-10(2)21-16-12(8-19-21)7-13(9-18-16)20-17(23)14-6-4-5-11(3)15(14)22(24)25/h4-10H,1-3H3,(H,20,23). The molecular formula is C17H17N5O3. The van der Waals surface area contributed by atoms with Crippen molar-refractivity contribution in [3.8, 4) is 0 Å². The minimum Gasteiger partial charge on any atom is -0.320 e. The summed E-state index contributed by atoms with van der Waals surface area (Å²) in [4.78, 5) is 27.5. The molecule has 1 N–H and O–H groups in total. The third kappa shape index (κ3) is 3.06. The van der Waals surface area contributed by atoms with E-state index in [2.05, 4.69) is 15.4 Å². The molecule has 0 radical (unpaired) electrons. The van der Waals surface area contributed by atoms with Gasteiger partial charge in [-0.25, -0.2) is 9.67 Å². The maximum atomic E-state index is 12.5. The van der Waals surface area contributed by atoms with Crippen LogP contribution in [0.25, 0.3) is 11.0 Å². The number of nitrogens with zero attached hydrogens (tertiary/aromatic N) is 4. The number of carbonyl (C=O) groups is 1. The Hall–Kier alpha value is -3.29. The quantitative estimate of drug-likeness (QED) is 0.579. The molecule has 8 nitrogen and oxygen atoms in total. The molecule has 8 heteroatoms. The number of nitro groups is 1. The lowest BCUT2D eigenvalue weighted by Gasteiger charge is -2.08. The van der Waals surface area contributed by atoms with E-state index in [9.17, 15) is 14.9 Å². The molecule has 0 saturated heterocycles. The monoisotopic (exact) mass is 339 g/mol. The van der Waals surface area contributed by atoms with Crippen LogP contribution in [-0.4, -0.2) is 25.6 Å². The second kappa shape index (κ2) is 6.31. The number of benzene rings is 1. The Labute approximate surface area is 143 Å². The molecule has 0 bridgehead atoms. The first-order chi connectivity index (χ1) is 11.9. The third-order valence-corrected chi connectivity index (χ3v) is 3.85. The fraction of sp³-hybridized carbons (Fsp3) is 0.235. The van der Waals surface area contributed by atoms with E-state index in [1.807, 2.05) is 13.8 Å². The highest BCUT2D eigenvalue weighted by molar-refractivity contribution is 6.07. The summed E-state index contributed by atoms with van der Waals surface area (Å²) in [5.74, 6) is -0.548. The fourth-order valence-corrected chi connectivity index (χ4v) is 2.67. The molecule has 0 spiro atoms. The number of fused-ring (bicyclic) bond motifs is 1. The maximum Gasteiger partial charge on any atom is 0.285 e. The zero-order chi connectivity index (χ0) is 18.1. The molecule has 1 aromatic carbocycles. The van der Waals surface area contributed by atoms with Gasteiger partial charge in [-0.15, -0.1) is 0 Å². The highest BCUT2D eigenvalue weighted by Crippen LogP contribution is 2.25. The van der Waals surface area contributed by atoms with Gasteiger partial charge in [-0.2, -0.15) is 5.10 Å². The lowest BCUT2D eigenvalue weighted by atomic mass is 10.1. The molecule has 3 aromatic rings. The van der Waals surface area contributed by atoms with E-state index >= 15 is 0 Å². The van der Waals surface area contributed by atoms with Crippen LogP contribution in [0.2, 0.25) is 0 Å². The van der Waals surface area contributed by atoms with Gasteiger partial charge in [0.1, 0.15) is 5.56 Å². The lowest BCUT2D eigenvalue weighted by Crippen LogP contribution is -2.14. The first kappa shape index (κ1) is 16.6. The van der Waals surface area contributed by atoms with Crippen molar-refractivity contribution in [1.29, 1.82) is 0 Å². The minimum absolute atomic E-state index is 0.0166. The highest BCUT2D eigenvalue weighted by Gasteiger charge is 2.22. The van der Waals surface area contributed by atoms with E-state index in [1.165, 1.54) is 12.3 Å². The van der Waals surface area contributed by atoms with Gasteiger partial charge in [0.2, 0.25) is 0 Å². The summed E-state index contributed by atoms with van der Waals surface area (Å²) in [5.41, 5.74) is 1.43. The second-order valence-electron chi connectivity index (χ2n) is 6.00. The zero-order valence-corrected chi connectivity index (χ0v) is 14.1. The molecule has 0 atom stereocenters. The Morgan fingerprint density at radius 3 is 2.76 bits per heavy atom. The van der Waals surface area contributed by atoms with E-state index in [0.717, 1.165) is 11.0 Å². The lowest BCUT2D eigenvalue weighted by molar-refractivity contribution is -0.385. The molecule has 0 aliphatic heterocycles. The highest BCUT2D eigenvalue weighted by atomic mass is 16.6. The van der Waals surface area contributed by atoms with Crippen molar-refractivity contribution in [1.82, 2.24) is 14.8 Å². The Kier molecular flexibility index (Phi) is 4.18. The first-order valence-electron chi connectivity index (χ1n) is 7.77. The number of hydrogen-bond acceptors (Lipinski definition) is 5. The van der Waals surface area contributed by atoms with E-state index in [0.29, 0.717) is 11.3 Å². The summed E-state index contributed by atoms with van der Waals surface area (Å²) < 4.78 is 1.78. The van der Waals surface area contributed by atoms with Crippen LogP contribution in [0.15, 0.2) is 36.7 Å². The van der Waals surface area contributed by atoms with Gasteiger partial charge in [0.05, 0.1) is 23.0 Å². The maximum absolute atomic E-state index is 12.5. The van der Waals surface area contributed by atoms with Crippen LogP contribution in [-0.2, 0) is 0 Å². The van der Waals surface area contributed by atoms with Crippen molar-refractivity contribution in [2.24, 2.45) is 0 Å². The molecule has 3 rings (SSSR count). The van der Waals surface area contributed by atoms with Crippen molar-refractivity contribution in [2.45, 2.75) is 26.8 Å². The van der Waals surface area contributed by atoms with Gasteiger partial charge in [-0.1, -0.05) is 12.1 Å². The number of amides is 1. The van der Waals surface area contributed by atoms with Gasteiger partial charge in [0.15, 0.2) is 5.65 Å². The van der Waals surface area contributed by atoms with E-state index in [-0.39, 0.29) is 17.3 Å². The predicted octanol–water partition coefficient (Wildman–Crippen LogP) is 3.48. The predicted molar refractivity (Wildman–Crippen MR) is 93.7 cm³/mol. The number of rotatable bonds is 4. The first-order valence-corrected chi connectivity index (χ1v) is 7.77. The number of pyridine rings is 1. The van der Waals surface area contributed by atoms with E-state index < -0.39 is 10.8 Å². The third-order valence-electron chi connectivity index (χ3n) is 3.85. The van der Waals surface area contributed by atoms with Gasteiger partial charge >= 0.3 is 0 Å². The average Bonchev–Trinajstić information content (AvgIpc) is 2.97. The van der Waals surface area contributed by atoms with Gasteiger partial charge in [0, 0.05) is 17.0 Å². The Morgan fingerprint density at radius 1 is 1.32 bits per heavy atom. The van der Waals surface area contributed by atoms with Crippen molar-refractivity contribution < 1.29 is 9.72 Å². The summed E-state index contributed by atoms with van der Waals surface area (Å²) in [6, 6.07) is 6.56. The number of carbonyl (C=O) groups excluding carboxylic acids is 1. The molecular weight excluding hydrogens is 322 g/mol. The topological polar surface area (TPSA) is 103 Å². The number of nitrogens with one attached hydrogen (secondary N) is 1. The number of hydrogen-bond donors (Lipinski definition) is 1. The average molecular weight is 339 g/mol. The number of anilines is 1. The normalized spacial score (nSPS) is 11.0. The largest absolute Gasteiger partial charge is 0.320 e. The molecule has 2 heterocycles. The zero-order valence-electron chi connectivity index (χ0n) is 14.1. The van der Waals surface area contributed by atoms with Crippen LogP contribution in [0.1, 0.15) is 35.8 Å². The SMILES string of the molecule is Cc1cccc(C(=O)Nc2cnc3c(cnn3C(C)C)c2)c1[N+](=O)[O-]. The molecule has 0 saturated carbocycles. The Bertz CT molecular complexity index is 978.